The lowest BCUT2D eigenvalue weighted by molar-refractivity contribution is -0.127. The number of hydrogen-bond acceptors (Lipinski definition) is 4. The van der Waals surface area contributed by atoms with Gasteiger partial charge in [0.15, 0.2) is 0 Å². The van der Waals surface area contributed by atoms with Gasteiger partial charge in [-0.2, -0.15) is 0 Å². The Morgan fingerprint density at radius 2 is 1.71 bits per heavy atom. The molecule has 5 rings (SSSR count). The highest BCUT2D eigenvalue weighted by molar-refractivity contribution is 5.94. The number of nitrogens with one attached hydrogen (secondary N) is 1. The average Bonchev–Trinajstić information content (AvgIpc) is 3.17. The number of fused-ring (bicyclic) bond motifs is 2. The minimum atomic E-state index is -0.300. The van der Waals surface area contributed by atoms with Crippen LogP contribution in [0.3, 0.4) is 0 Å². The van der Waals surface area contributed by atoms with Crippen LogP contribution in [-0.2, 0) is 14.9 Å². The second-order valence-electron chi connectivity index (χ2n) is 8.97. The molecule has 3 aromatic rings. The summed E-state index contributed by atoms with van der Waals surface area (Å²) in [5.74, 6) is 5.36. The highest BCUT2D eigenvalue weighted by Gasteiger charge is 2.54. The highest BCUT2D eigenvalue weighted by Crippen LogP contribution is 2.52. The van der Waals surface area contributed by atoms with E-state index in [1.165, 1.54) is 5.56 Å². The molecule has 1 saturated heterocycles. The zero-order valence-corrected chi connectivity index (χ0v) is 19.6. The largest absolute Gasteiger partial charge is 0.378 e. The predicted octanol–water partition coefficient (Wildman–Crippen LogP) is 3.49. The average molecular weight is 466 g/mol. The van der Waals surface area contributed by atoms with Gasteiger partial charge in [-0.1, -0.05) is 54.5 Å². The van der Waals surface area contributed by atoms with Gasteiger partial charge in [-0.05, 0) is 48.2 Å². The maximum atomic E-state index is 13.0. The molecule has 1 aromatic heterocycles. The molecule has 2 aliphatic rings. The number of hydrogen-bond donors (Lipinski definition) is 1. The Balaban J connectivity index is 1.36. The van der Waals surface area contributed by atoms with Crippen molar-refractivity contribution in [2.45, 2.75) is 30.4 Å². The molecule has 0 radical (unpaired) electrons. The Labute approximate surface area is 205 Å². The molecule has 1 fully saturated rings. The number of pyridine rings is 1. The Bertz CT molecular complexity index is 1270. The van der Waals surface area contributed by atoms with Gasteiger partial charge >= 0.3 is 0 Å². The van der Waals surface area contributed by atoms with Crippen molar-refractivity contribution in [2.24, 2.45) is 0 Å². The van der Waals surface area contributed by atoms with Gasteiger partial charge in [0.05, 0.1) is 12.1 Å². The number of aromatic nitrogens is 1. The molecule has 1 N–H and O–H groups in total. The van der Waals surface area contributed by atoms with Crippen LogP contribution in [0.4, 0.5) is 0 Å². The fraction of sp³-hybridized carbons (Fsp3) is 0.276. The number of carbonyl (C=O) groups is 2. The number of rotatable bonds is 3. The molecule has 176 valence electrons. The monoisotopic (exact) mass is 465 g/mol. The van der Waals surface area contributed by atoms with Gasteiger partial charge in [-0.3, -0.25) is 14.6 Å². The lowest BCUT2D eigenvalue weighted by Gasteiger charge is -2.43. The molecule has 2 heterocycles. The maximum absolute atomic E-state index is 13.0. The first-order valence-electron chi connectivity index (χ1n) is 11.8. The van der Waals surface area contributed by atoms with Crippen LogP contribution < -0.4 is 5.32 Å². The molecule has 0 bridgehead atoms. The van der Waals surface area contributed by atoms with Crippen molar-refractivity contribution < 1.29 is 14.3 Å². The summed E-state index contributed by atoms with van der Waals surface area (Å²) in [6.07, 6.45) is 2.83. The smallest absolute Gasteiger partial charge is 0.298 e. The Morgan fingerprint density at radius 1 is 1.00 bits per heavy atom. The van der Waals surface area contributed by atoms with Gasteiger partial charge in [0.1, 0.15) is 5.69 Å². The Morgan fingerprint density at radius 3 is 2.43 bits per heavy atom. The molecule has 6 nitrogen and oxygen atoms in total. The third-order valence-electron chi connectivity index (χ3n) is 7.15. The minimum absolute atomic E-state index is 0.163. The van der Waals surface area contributed by atoms with E-state index in [0.29, 0.717) is 18.8 Å². The van der Waals surface area contributed by atoms with Gasteiger partial charge in [-0.15, -0.1) is 0 Å². The van der Waals surface area contributed by atoms with Crippen molar-refractivity contribution in [1.82, 2.24) is 15.2 Å². The zero-order chi connectivity index (χ0) is 24.3. The summed E-state index contributed by atoms with van der Waals surface area (Å²) in [6, 6.07) is 22.7. The molecule has 1 aliphatic carbocycles. The normalized spacial score (nSPS) is 20.0. The predicted molar refractivity (Wildman–Crippen MR) is 132 cm³/mol. The van der Waals surface area contributed by atoms with Gasteiger partial charge in [0.2, 0.25) is 0 Å². The van der Waals surface area contributed by atoms with Crippen LogP contribution in [-0.4, -0.2) is 48.0 Å². The first kappa shape index (κ1) is 22.8. The minimum Gasteiger partial charge on any atom is -0.378 e. The van der Waals surface area contributed by atoms with Crippen LogP contribution in [0.2, 0.25) is 0 Å². The zero-order valence-electron chi connectivity index (χ0n) is 19.6. The summed E-state index contributed by atoms with van der Waals surface area (Å²) in [5, 5.41) is 3.17. The van der Waals surface area contributed by atoms with Crippen molar-refractivity contribution in [2.75, 3.05) is 20.2 Å². The van der Waals surface area contributed by atoms with Crippen LogP contribution in [0, 0.1) is 11.8 Å². The molecule has 1 spiro atoms. The van der Waals surface area contributed by atoms with Crippen LogP contribution in [0.1, 0.15) is 46.1 Å². The topological polar surface area (TPSA) is 71.5 Å². The van der Waals surface area contributed by atoms with Gasteiger partial charge in [0.25, 0.3) is 11.8 Å². The van der Waals surface area contributed by atoms with Crippen molar-refractivity contribution in [1.29, 1.82) is 0 Å². The standard InChI is InChI=1S/C29H27N3O3/c1-35-27-26(31-28(34)24-13-7-8-18-30-24)22-11-5-6-12-23(22)29(27)16-19-32(20-17-29)25(33)15-14-21-9-3-2-4-10-21/h2-13,18,26-27H,16-17,19-20H2,1H3,(H,31,34)/t26-,27+/m1/s1. The fourth-order valence-corrected chi connectivity index (χ4v) is 5.47. The molecule has 35 heavy (non-hydrogen) atoms. The van der Waals surface area contributed by atoms with Gasteiger partial charge < -0.3 is 15.0 Å². The third kappa shape index (κ3) is 4.31. The Hall–Kier alpha value is -3.95. The highest BCUT2D eigenvalue weighted by atomic mass is 16.5. The van der Waals surface area contributed by atoms with E-state index in [2.05, 4.69) is 34.3 Å². The summed E-state index contributed by atoms with van der Waals surface area (Å²) >= 11 is 0. The summed E-state index contributed by atoms with van der Waals surface area (Å²) in [4.78, 5) is 31.8. The third-order valence-corrected chi connectivity index (χ3v) is 7.15. The number of likely N-dealkylation sites (tertiary alicyclic amines) is 1. The molecule has 6 heteroatoms. The van der Waals surface area contributed by atoms with Crippen LogP contribution in [0.25, 0.3) is 0 Å². The van der Waals surface area contributed by atoms with Crippen LogP contribution >= 0.6 is 0 Å². The summed E-state index contributed by atoms with van der Waals surface area (Å²) in [5.41, 5.74) is 3.15. The van der Waals surface area contributed by atoms with E-state index in [-0.39, 0.29) is 29.4 Å². The molecular weight excluding hydrogens is 438 g/mol. The van der Waals surface area contributed by atoms with E-state index in [0.717, 1.165) is 24.0 Å². The number of piperidine rings is 1. The van der Waals surface area contributed by atoms with Crippen molar-refractivity contribution in [3.05, 3.63) is 101 Å². The van der Waals surface area contributed by atoms with Gasteiger partial charge in [0, 0.05) is 43.3 Å². The molecule has 0 unspecified atom stereocenters. The lowest BCUT2D eigenvalue weighted by Crippen LogP contribution is -2.51. The van der Waals surface area contributed by atoms with Crippen molar-refractivity contribution in [3.63, 3.8) is 0 Å². The lowest BCUT2D eigenvalue weighted by atomic mass is 9.72. The van der Waals surface area contributed by atoms with Gasteiger partial charge in [-0.25, -0.2) is 0 Å². The molecule has 0 saturated carbocycles. The molecule has 2 amide bonds. The maximum Gasteiger partial charge on any atom is 0.298 e. The SMILES string of the molecule is CO[C@H]1[C@H](NC(=O)c2ccccn2)c2ccccc2C12CCN(C(=O)C#Cc1ccccc1)CC2. The van der Waals surface area contributed by atoms with Crippen LogP contribution in [0.15, 0.2) is 79.0 Å². The molecule has 2 aromatic carbocycles. The van der Waals surface area contributed by atoms with E-state index >= 15 is 0 Å². The summed E-state index contributed by atoms with van der Waals surface area (Å²) < 4.78 is 6.07. The van der Waals surface area contributed by atoms with E-state index in [4.69, 9.17) is 4.74 Å². The summed E-state index contributed by atoms with van der Waals surface area (Å²) in [7, 11) is 1.70. The second-order valence-corrected chi connectivity index (χ2v) is 8.97. The Kier molecular flexibility index (Phi) is 6.35. The number of nitrogens with zero attached hydrogens (tertiary/aromatic N) is 2. The first-order valence-corrected chi connectivity index (χ1v) is 11.8. The number of amides is 2. The second kappa shape index (κ2) is 9.73. The van der Waals surface area contributed by atoms with E-state index in [1.54, 1.807) is 31.5 Å². The van der Waals surface area contributed by atoms with Crippen molar-refractivity contribution >= 4 is 11.8 Å². The number of ether oxygens (including phenoxy) is 1. The fourth-order valence-electron chi connectivity index (χ4n) is 5.47. The number of benzene rings is 2. The quantitative estimate of drug-likeness (QED) is 0.601. The first-order chi connectivity index (χ1) is 17.1. The van der Waals surface area contributed by atoms with E-state index < -0.39 is 0 Å². The molecule has 2 atom stereocenters. The van der Waals surface area contributed by atoms with E-state index in [9.17, 15) is 9.59 Å². The molecular formula is C29H27N3O3. The molecule has 1 aliphatic heterocycles. The summed E-state index contributed by atoms with van der Waals surface area (Å²) in [6.45, 7) is 1.16. The van der Waals surface area contributed by atoms with E-state index in [1.807, 2.05) is 47.4 Å². The van der Waals surface area contributed by atoms with Crippen LogP contribution in [0.5, 0.6) is 0 Å². The van der Waals surface area contributed by atoms with Crippen molar-refractivity contribution in [3.8, 4) is 11.8 Å². The number of carbonyl (C=O) groups excluding carboxylic acids is 2. The number of methoxy groups -OCH3 is 1.